The second-order valence-electron chi connectivity index (χ2n) is 14.9. The fraction of sp³-hybridized carbons (Fsp3) is 0.639. The van der Waals surface area contributed by atoms with Crippen LogP contribution in [0.25, 0.3) is 0 Å². The number of nitrogens with two attached hydrogens (primary N) is 1. The van der Waals surface area contributed by atoms with E-state index in [1.807, 2.05) is 30.8 Å². The lowest BCUT2D eigenvalue weighted by Crippen LogP contribution is -2.55. The number of anilines is 2. The number of aryl methyl sites for hydroxylation is 1. The zero-order chi connectivity index (χ0) is 36.7. The van der Waals surface area contributed by atoms with Gasteiger partial charge in [-0.1, -0.05) is 13.0 Å². The molecule has 276 valence electrons. The van der Waals surface area contributed by atoms with Gasteiger partial charge in [-0.25, -0.2) is 9.37 Å². The minimum absolute atomic E-state index is 0.0195. The number of piperazine rings is 1. The van der Waals surface area contributed by atoms with Crippen molar-refractivity contribution < 1.29 is 27.1 Å². The van der Waals surface area contributed by atoms with Gasteiger partial charge >= 0.3 is 12.2 Å². The monoisotopic (exact) mass is 713 g/mol. The van der Waals surface area contributed by atoms with Crippen LogP contribution >= 0.6 is 0 Å². The first-order chi connectivity index (χ1) is 24.2. The van der Waals surface area contributed by atoms with E-state index in [9.17, 15) is 27.6 Å². The SMILES string of the molecule is Cc1cc(N)nc(C2Cc3nc(OC[C@@]45CCCN4C[C@H](F)C5)nc(N4CCN(C(=O)/C=C/CN(C)C)[C@@H](CC#N)C4)c3CC2C)c1C(F)(F)F. The second-order valence-corrected chi connectivity index (χ2v) is 14.9. The van der Waals surface area contributed by atoms with Gasteiger partial charge < -0.3 is 25.2 Å². The fourth-order valence-corrected chi connectivity index (χ4v) is 8.52. The number of rotatable bonds is 9. The largest absolute Gasteiger partial charge is 0.461 e. The highest BCUT2D eigenvalue weighted by Crippen LogP contribution is 2.46. The maximum Gasteiger partial charge on any atom is 0.418 e. The highest BCUT2D eigenvalue weighted by atomic mass is 19.4. The molecule has 0 saturated carbocycles. The van der Waals surface area contributed by atoms with Crippen LogP contribution in [0.5, 0.6) is 6.01 Å². The van der Waals surface area contributed by atoms with E-state index in [4.69, 9.17) is 20.4 Å². The number of nitrogens with zero attached hydrogens (tertiary/aromatic N) is 8. The number of alkyl halides is 4. The van der Waals surface area contributed by atoms with Crippen LogP contribution in [0.15, 0.2) is 18.2 Å². The van der Waals surface area contributed by atoms with Crippen LogP contribution < -0.4 is 15.4 Å². The highest BCUT2D eigenvalue weighted by molar-refractivity contribution is 5.88. The Balaban J connectivity index is 1.35. The van der Waals surface area contributed by atoms with E-state index in [0.29, 0.717) is 57.1 Å². The molecule has 3 aliphatic heterocycles. The van der Waals surface area contributed by atoms with E-state index in [-0.39, 0.29) is 54.4 Å². The smallest absolute Gasteiger partial charge is 0.418 e. The van der Waals surface area contributed by atoms with Crippen molar-refractivity contribution in [1.29, 1.82) is 5.26 Å². The minimum atomic E-state index is -4.62. The average molecular weight is 714 g/mol. The number of nitriles is 1. The molecule has 3 fully saturated rings. The van der Waals surface area contributed by atoms with Crippen molar-refractivity contribution in [3.63, 3.8) is 0 Å². The lowest BCUT2D eigenvalue weighted by Gasteiger charge is -2.42. The Morgan fingerprint density at radius 2 is 1.98 bits per heavy atom. The van der Waals surface area contributed by atoms with Crippen LogP contribution in [0.2, 0.25) is 0 Å². The van der Waals surface area contributed by atoms with Crippen molar-refractivity contribution in [2.45, 2.75) is 82.2 Å². The number of hydrogen-bond donors (Lipinski definition) is 1. The molecule has 1 aliphatic carbocycles. The first kappa shape index (κ1) is 36.8. The van der Waals surface area contributed by atoms with Crippen LogP contribution in [0.4, 0.5) is 29.2 Å². The van der Waals surface area contributed by atoms with E-state index >= 15 is 0 Å². The molecular weight excluding hydrogens is 666 g/mol. The Bertz CT molecular complexity index is 1700. The van der Waals surface area contributed by atoms with Gasteiger partial charge in [0.15, 0.2) is 0 Å². The summed E-state index contributed by atoms with van der Waals surface area (Å²) in [5.74, 6) is -0.464. The maximum absolute atomic E-state index is 14.6. The molecule has 51 heavy (non-hydrogen) atoms. The molecule has 0 spiro atoms. The minimum Gasteiger partial charge on any atom is -0.461 e. The summed E-state index contributed by atoms with van der Waals surface area (Å²) in [4.78, 5) is 35.0. The van der Waals surface area contributed by atoms with E-state index in [1.165, 1.54) is 13.0 Å². The molecule has 0 aromatic carbocycles. The van der Waals surface area contributed by atoms with Gasteiger partial charge in [-0.05, 0) is 70.8 Å². The number of carbonyl (C=O) groups excluding carboxylic acids is 1. The normalized spacial score (nSPS) is 26.8. The third-order valence-electron chi connectivity index (χ3n) is 10.9. The van der Waals surface area contributed by atoms with Gasteiger partial charge in [0.2, 0.25) is 5.91 Å². The van der Waals surface area contributed by atoms with Crippen molar-refractivity contribution >= 4 is 17.5 Å². The first-order valence-electron chi connectivity index (χ1n) is 17.7. The van der Waals surface area contributed by atoms with Crippen LogP contribution in [0, 0.1) is 24.2 Å². The number of pyridine rings is 1. The number of halogens is 4. The molecule has 5 heterocycles. The topological polar surface area (TPSA) is 128 Å². The first-order valence-corrected chi connectivity index (χ1v) is 17.7. The quantitative estimate of drug-likeness (QED) is 0.297. The number of nitrogen functional groups attached to an aromatic ring is 1. The zero-order valence-corrected chi connectivity index (χ0v) is 29.7. The van der Waals surface area contributed by atoms with Crippen molar-refractivity contribution in [2.75, 3.05) is 70.6 Å². The van der Waals surface area contributed by atoms with Gasteiger partial charge in [-0.3, -0.25) is 9.69 Å². The molecule has 11 nitrogen and oxygen atoms in total. The average Bonchev–Trinajstić information content (AvgIpc) is 3.57. The molecule has 6 rings (SSSR count). The number of hydrogen-bond acceptors (Lipinski definition) is 10. The molecule has 2 N–H and O–H groups in total. The Morgan fingerprint density at radius 1 is 1.20 bits per heavy atom. The van der Waals surface area contributed by atoms with Gasteiger partial charge in [0.1, 0.15) is 24.4 Å². The van der Waals surface area contributed by atoms with Crippen molar-refractivity contribution in [1.82, 2.24) is 29.7 Å². The van der Waals surface area contributed by atoms with Crippen LogP contribution in [0.1, 0.15) is 66.6 Å². The summed E-state index contributed by atoms with van der Waals surface area (Å²) in [5.41, 5.74) is 6.07. The van der Waals surface area contributed by atoms with E-state index in [1.54, 1.807) is 17.1 Å². The van der Waals surface area contributed by atoms with Gasteiger partial charge in [0.05, 0.1) is 41.0 Å². The number of fused-ring (bicyclic) bond motifs is 2. The van der Waals surface area contributed by atoms with Gasteiger partial charge in [-0.15, -0.1) is 0 Å². The van der Waals surface area contributed by atoms with E-state index in [2.05, 4.69) is 16.0 Å². The second kappa shape index (κ2) is 14.5. The predicted molar refractivity (Wildman–Crippen MR) is 184 cm³/mol. The standard InChI is InChI=1S/C36H47F4N9O2/c1-22-15-27-28(17-26(22)32-31(36(38,39)40)23(2)16-29(42)44-32)43-34(51-21-35-9-6-12-48(35)19-24(37)18-35)45-33(27)47-13-14-49(25(20-47)8-10-41)30(50)7-5-11-46(3)4/h5,7,16,22,24-26H,6,8-9,11-15,17-21H2,1-4H3,(H2,42,44)/b7-5+/t22?,24-,25+,26?,35+/m1/s1. The molecule has 1 amide bonds. The molecule has 3 saturated heterocycles. The maximum atomic E-state index is 14.6. The number of ether oxygens (including phenoxy) is 1. The summed E-state index contributed by atoms with van der Waals surface area (Å²) in [6.07, 6.45) is 0.501. The van der Waals surface area contributed by atoms with Crippen LogP contribution in [0.3, 0.4) is 0 Å². The molecule has 5 atom stereocenters. The van der Waals surface area contributed by atoms with Crippen LogP contribution in [-0.2, 0) is 23.8 Å². The van der Waals surface area contributed by atoms with Gasteiger partial charge in [0, 0.05) is 56.7 Å². The highest BCUT2D eigenvalue weighted by Gasteiger charge is 2.50. The summed E-state index contributed by atoms with van der Waals surface area (Å²) in [5, 5.41) is 9.71. The molecule has 4 aliphatic rings. The summed E-state index contributed by atoms with van der Waals surface area (Å²) in [6.45, 7) is 6.35. The number of aromatic nitrogens is 3. The third-order valence-corrected chi connectivity index (χ3v) is 10.9. The summed E-state index contributed by atoms with van der Waals surface area (Å²) < 4.78 is 64.2. The molecule has 0 bridgehead atoms. The third kappa shape index (κ3) is 7.62. The molecule has 2 aromatic rings. The lowest BCUT2D eigenvalue weighted by molar-refractivity contribution is -0.139. The molecule has 2 unspecified atom stereocenters. The predicted octanol–water partition coefficient (Wildman–Crippen LogP) is 4.30. The lowest BCUT2D eigenvalue weighted by atomic mass is 9.75. The number of amides is 1. The Labute approximate surface area is 296 Å². The zero-order valence-electron chi connectivity index (χ0n) is 29.7. The van der Waals surface area contributed by atoms with Gasteiger partial charge in [0.25, 0.3) is 0 Å². The van der Waals surface area contributed by atoms with Crippen molar-refractivity contribution in [3.05, 3.63) is 46.3 Å². The van der Waals surface area contributed by atoms with Crippen molar-refractivity contribution in [2.24, 2.45) is 5.92 Å². The Morgan fingerprint density at radius 3 is 2.71 bits per heavy atom. The molecule has 0 radical (unpaired) electrons. The molecular formula is C36H47F4N9O2. The summed E-state index contributed by atoms with van der Waals surface area (Å²) >= 11 is 0. The number of likely N-dealkylation sites (N-methyl/N-ethyl adjacent to an activating group) is 1. The summed E-state index contributed by atoms with van der Waals surface area (Å²) in [7, 11) is 3.82. The molecule has 2 aromatic heterocycles. The van der Waals surface area contributed by atoms with Crippen molar-refractivity contribution in [3.8, 4) is 12.1 Å². The summed E-state index contributed by atoms with van der Waals surface area (Å²) in [6, 6.07) is 3.13. The Hall–Kier alpha value is -4.03. The Kier molecular flexibility index (Phi) is 10.5. The molecule has 15 heteroatoms. The van der Waals surface area contributed by atoms with Crippen LogP contribution in [-0.4, -0.2) is 113 Å². The fourth-order valence-electron chi connectivity index (χ4n) is 8.52. The van der Waals surface area contributed by atoms with E-state index in [0.717, 1.165) is 24.9 Å². The van der Waals surface area contributed by atoms with Gasteiger partial charge in [-0.2, -0.15) is 28.4 Å². The number of carbonyl (C=O) groups is 1. The van der Waals surface area contributed by atoms with E-state index < -0.39 is 35.4 Å².